The summed E-state index contributed by atoms with van der Waals surface area (Å²) in [6, 6.07) is 0. The lowest BCUT2D eigenvalue weighted by Crippen LogP contribution is -1.88. The third-order valence-corrected chi connectivity index (χ3v) is 5.81. The van der Waals surface area contributed by atoms with E-state index in [2.05, 4.69) is 6.92 Å². The Morgan fingerprint density at radius 1 is 0.560 bits per heavy atom. The Hall–Kier alpha value is 0.770. The highest BCUT2D eigenvalue weighted by Gasteiger charge is 2.12. The topological polar surface area (TPSA) is 26.3 Å². The van der Waals surface area contributed by atoms with Crippen LogP contribution < -0.4 is 0 Å². The summed E-state index contributed by atoms with van der Waals surface area (Å²) in [7, 11) is 0. The summed E-state index contributed by atoms with van der Waals surface area (Å²) < 4.78 is 15.8. The first-order valence-corrected chi connectivity index (χ1v) is 14.1. The lowest BCUT2D eigenvalue weighted by molar-refractivity contribution is 0.320. The van der Waals surface area contributed by atoms with Crippen LogP contribution in [0.1, 0.15) is 122 Å². The van der Waals surface area contributed by atoms with E-state index in [1.54, 1.807) is 0 Å². The monoisotopic (exact) mass is 414 g/mol. The zero-order chi connectivity index (χ0) is 18.6. The molecule has 0 saturated carbocycles. The third-order valence-electron chi connectivity index (χ3n) is 4.74. The molecule has 0 bridgehead atoms. The van der Waals surface area contributed by atoms with Crippen LogP contribution in [0.25, 0.3) is 0 Å². The van der Waals surface area contributed by atoms with Crippen molar-refractivity contribution < 1.29 is 9.09 Å². The largest absolute Gasteiger partial charge is 0.380 e. The van der Waals surface area contributed by atoms with Gasteiger partial charge in [-0.2, -0.15) is 0 Å². The van der Waals surface area contributed by atoms with E-state index >= 15 is 0 Å². The van der Waals surface area contributed by atoms with Gasteiger partial charge in [0.2, 0.25) is 0 Å². The molecule has 0 aromatic carbocycles. The smallest absolute Gasteiger partial charge is 0.306 e. The first-order valence-electron chi connectivity index (χ1n) is 10.7. The second kappa shape index (κ2) is 19.5. The minimum Gasteiger partial charge on any atom is -0.306 e. The number of hydrogen-bond donors (Lipinski definition) is 0. The lowest BCUT2D eigenvalue weighted by atomic mass is 10.0. The van der Waals surface area contributed by atoms with Crippen molar-refractivity contribution in [2.75, 3.05) is 6.61 Å². The van der Waals surface area contributed by atoms with Gasteiger partial charge in [-0.3, -0.25) is 4.57 Å². The highest BCUT2D eigenvalue weighted by atomic mass is 35.9. The Labute approximate surface area is 166 Å². The molecular formula is C20H41Cl2O2P. The zero-order valence-corrected chi connectivity index (χ0v) is 18.9. The van der Waals surface area contributed by atoms with Gasteiger partial charge in [0.15, 0.2) is 0 Å². The molecule has 0 radical (unpaired) electrons. The van der Waals surface area contributed by atoms with E-state index in [1.807, 2.05) is 0 Å². The Morgan fingerprint density at radius 3 is 1.12 bits per heavy atom. The summed E-state index contributed by atoms with van der Waals surface area (Å²) in [5.41, 5.74) is 0. The van der Waals surface area contributed by atoms with Crippen molar-refractivity contribution in [1.29, 1.82) is 0 Å². The fraction of sp³-hybridized carbons (Fsp3) is 1.00. The minimum absolute atomic E-state index is 0.406. The summed E-state index contributed by atoms with van der Waals surface area (Å²) in [4.78, 5) is 0. The van der Waals surface area contributed by atoms with Gasteiger partial charge in [-0.15, -0.1) is 0 Å². The van der Waals surface area contributed by atoms with Crippen molar-refractivity contribution in [1.82, 2.24) is 0 Å². The second-order valence-electron chi connectivity index (χ2n) is 7.26. The molecule has 0 amide bonds. The van der Waals surface area contributed by atoms with Crippen LogP contribution in [0, 0.1) is 0 Å². The number of halogens is 2. The third kappa shape index (κ3) is 24.8. The molecule has 0 rings (SSSR count). The highest BCUT2D eigenvalue weighted by Crippen LogP contribution is 2.57. The maximum atomic E-state index is 10.9. The molecule has 0 fully saturated rings. The molecule has 152 valence electrons. The molecular weight excluding hydrogens is 374 g/mol. The van der Waals surface area contributed by atoms with Crippen molar-refractivity contribution in [2.24, 2.45) is 0 Å². The lowest BCUT2D eigenvalue weighted by Gasteiger charge is -2.05. The van der Waals surface area contributed by atoms with Crippen molar-refractivity contribution in [3.8, 4) is 0 Å². The molecule has 0 aliphatic rings. The average molecular weight is 415 g/mol. The quantitative estimate of drug-likeness (QED) is 0.146. The Kier molecular flexibility index (Phi) is 20.1. The molecule has 0 heterocycles. The molecule has 0 aliphatic carbocycles. The molecule has 2 nitrogen and oxygen atoms in total. The van der Waals surface area contributed by atoms with E-state index in [0.717, 1.165) is 12.8 Å². The van der Waals surface area contributed by atoms with Crippen LogP contribution in [0.5, 0.6) is 0 Å². The summed E-state index contributed by atoms with van der Waals surface area (Å²) in [5, 5.41) is 0. The molecule has 0 N–H and O–H groups in total. The molecule has 0 saturated heterocycles. The average Bonchev–Trinajstić information content (AvgIpc) is 2.56. The van der Waals surface area contributed by atoms with Crippen LogP contribution in [0.4, 0.5) is 0 Å². The standard InChI is InChI=1S/C20H41Cl2O2P/c1-2-3-4-5-6-7-8-9-10-11-12-13-14-15-16-17-18-19-20-24-25(21,22)23/h2-20H2,1H3. The van der Waals surface area contributed by atoms with Crippen LogP contribution in [0.15, 0.2) is 0 Å². The molecule has 0 spiro atoms. The maximum absolute atomic E-state index is 10.9. The van der Waals surface area contributed by atoms with E-state index < -0.39 is 6.07 Å². The van der Waals surface area contributed by atoms with Gasteiger partial charge in [0.1, 0.15) is 0 Å². The van der Waals surface area contributed by atoms with E-state index in [4.69, 9.17) is 27.0 Å². The summed E-state index contributed by atoms with van der Waals surface area (Å²) in [6.45, 7) is 2.69. The van der Waals surface area contributed by atoms with E-state index in [-0.39, 0.29) is 0 Å². The van der Waals surface area contributed by atoms with Gasteiger partial charge in [0.05, 0.1) is 6.61 Å². The van der Waals surface area contributed by atoms with E-state index in [0.29, 0.717) is 6.61 Å². The van der Waals surface area contributed by atoms with Crippen LogP contribution in [-0.2, 0) is 9.09 Å². The fourth-order valence-electron chi connectivity index (χ4n) is 3.17. The Morgan fingerprint density at radius 2 is 0.840 bits per heavy atom. The SMILES string of the molecule is CCCCCCCCCCCCCCCCCCCCOP(=O)(Cl)Cl. The van der Waals surface area contributed by atoms with Gasteiger partial charge < -0.3 is 4.52 Å². The van der Waals surface area contributed by atoms with Crippen molar-refractivity contribution in [3.63, 3.8) is 0 Å². The van der Waals surface area contributed by atoms with Gasteiger partial charge in [0, 0.05) is 0 Å². The van der Waals surface area contributed by atoms with Crippen molar-refractivity contribution in [2.45, 2.75) is 122 Å². The molecule has 0 aromatic rings. The number of rotatable bonds is 20. The normalized spacial score (nSPS) is 12.0. The highest BCUT2D eigenvalue weighted by molar-refractivity contribution is 8.05. The van der Waals surface area contributed by atoms with Gasteiger partial charge in [-0.25, -0.2) is 0 Å². The predicted octanol–water partition coefficient (Wildman–Crippen LogP) is 9.63. The number of hydrogen-bond acceptors (Lipinski definition) is 2. The van der Waals surface area contributed by atoms with Crippen LogP contribution in [0.3, 0.4) is 0 Å². The number of unbranched alkanes of at least 4 members (excludes halogenated alkanes) is 17. The zero-order valence-electron chi connectivity index (χ0n) is 16.5. The maximum Gasteiger partial charge on any atom is 0.380 e. The van der Waals surface area contributed by atoms with Gasteiger partial charge in [0.25, 0.3) is 0 Å². The predicted molar refractivity (Wildman–Crippen MR) is 114 cm³/mol. The van der Waals surface area contributed by atoms with Crippen LogP contribution in [0.2, 0.25) is 0 Å². The summed E-state index contributed by atoms with van der Waals surface area (Å²) in [6.07, 6.45) is 21.0. The molecule has 0 aliphatic heterocycles. The first kappa shape index (κ1) is 25.8. The van der Waals surface area contributed by atoms with E-state index in [1.165, 1.54) is 103 Å². The summed E-state index contributed by atoms with van der Waals surface area (Å²) >= 11 is 10.6. The molecule has 0 atom stereocenters. The van der Waals surface area contributed by atoms with Gasteiger partial charge in [-0.1, -0.05) is 116 Å². The van der Waals surface area contributed by atoms with E-state index in [9.17, 15) is 4.57 Å². The first-order chi connectivity index (χ1) is 12.1. The summed E-state index contributed by atoms with van der Waals surface area (Å²) in [5.74, 6) is 0. The molecule has 0 aromatic heterocycles. The van der Waals surface area contributed by atoms with Crippen LogP contribution >= 0.6 is 28.6 Å². The fourth-order valence-corrected chi connectivity index (χ4v) is 3.93. The van der Waals surface area contributed by atoms with Crippen molar-refractivity contribution in [3.05, 3.63) is 0 Å². The molecule has 0 unspecified atom stereocenters. The Balaban J connectivity index is 3.02. The Bertz CT molecular complexity index is 308. The van der Waals surface area contributed by atoms with Crippen LogP contribution in [-0.4, -0.2) is 6.61 Å². The van der Waals surface area contributed by atoms with Crippen molar-refractivity contribution >= 4 is 28.6 Å². The molecule has 25 heavy (non-hydrogen) atoms. The van der Waals surface area contributed by atoms with Gasteiger partial charge in [-0.05, 0) is 28.9 Å². The molecule has 5 heteroatoms. The van der Waals surface area contributed by atoms with Gasteiger partial charge >= 0.3 is 6.07 Å². The second-order valence-corrected chi connectivity index (χ2v) is 11.5. The minimum atomic E-state index is -3.31.